The van der Waals surface area contributed by atoms with E-state index in [0.717, 1.165) is 28.1 Å². The highest BCUT2D eigenvalue weighted by Crippen LogP contribution is 2.26. The van der Waals surface area contributed by atoms with Crippen molar-refractivity contribution in [2.45, 2.75) is 66.1 Å². The third-order valence-corrected chi connectivity index (χ3v) is 7.90. The van der Waals surface area contributed by atoms with Gasteiger partial charge in [-0.25, -0.2) is 8.42 Å². The van der Waals surface area contributed by atoms with E-state index in [0.29, 0.717) is 27.7 Å². The molecule has 0 fully saturated rings. The number of nitrogens with one attached hydrogen (secondary N) is 1. The molecule has 2 aromatic carbocycles. The van der Waals surface area contributed by atoms with E-state index in [2.05, 4.69) is 5.32 Å². The van der Waals surface area contributed by atoms with Gasteiger partial charge in [0.25, 0.3) is 0 Å². The van der Waals surface area contributed by atoms with Gasteiger partial charge < -0.3 is 10.2 Å². The molecule has 0 radical (unpaired) electrons. The standard InChI is InChI=1S/C26H35Cl2N3O4S/c1-7-19(5)29-26(33)23(8-2)30(15-20-11-12-21(27)22(28)14-20)25(32)16-31(36(6,34)35)24-13-17(3)9-10-18(24)4/h9-14,19,23H,7-8,15-16H2,1-6H3,(H,29,33)/t19-,23-/m0/s1. The zero-order valence-electron chi connectivity index (χ0n) is 21.6. The first-order valence-electron chi connectivity index (χ1n) is 11.9. The van der Waals surface area contributed by atoms with Gasteiger partial charge in [-0.05, 0) is 68.5 Å². The largest absolute Gasteiger partial charge is 0.352 e. The molecule has 0 aliphatic carbocycles. The molecule has 0 saturated carbocycles. The summed E-state index contributed by atoms with van der Waals surface area (Å²) in [5, 5.41) is 3.64. The maximum Gasteiger partial charge on any atom is 0.244 e. The van der Waals surface area contributed by atoms with Crippen LogP contribution in [0, 0.1) is 13.8 Å². The Morgan fingerprint density at radius 2 is 1.67 bits per heavy atom. The second kappa shape index (κ2) is 12.8. The Bertz CT molecular complexity index is 1200. The molecule has 198 valence electrons. The number of nitrogens with zero attached hydrogens (tertiary/aromatic N) is 2. The van der Waals surface area contributed by atoms with Crippen molar-refractivity contribution in [1.82, 2.24) is 10.2 Å². The van der Waals surface area contributed by atoms with Crippen LogP contribution in [0.3, 0.4) is 0 Å². The molecule has 1 N–H and O–H groups in total. The molecule has 2 amide bonds. The molecule has 0 saturated heterocycles. The average Bonchev–Trinajstić information content (AvgIpc) is 2.80. The number of carbonyl (C=O) groups is 2. The van der Waals surface area contributed by atoms with E-state index in [1.54, 1.807) is 31.2 Å². The summed E-state index contributed by atoms with van der Waals surface area (Å²) in [7, 11) is -3.80. The number of hydrogen-bond acceptors (Lipinski definition) is 4. The number of carbonyl (C=O) groups excluding carboxylic acids is 2. The zero-order chi connectivity index (χ0) is 27.2. The molecule has 0 aromatic heterocycles. The number of anilines is 1. The Morgan fingerprint density at radius 3 is 2.22 bits per heavy atom. The molecular formula is C26H35Cl2N3O4S. The summed E-state index contributed by atoms with van der Waals surface area (Å²) in [6.07, 6.45) is 2.15. The molecule has 7 nitrogen and oxygen atoms in total. The van der Waals surface area contributed by atoms with Gasteiger partial charge in [0.1, 0.15) is 12.6 Å². The van der Waals surface area contributed by atoms with Crippen LogP contribution < -0.4 is 9.62 Å². The lowest BCUT2D eigenvalue weighted by atomic mass is 10.1. The topological polar surface area (TPSA) is 86.8 Å². The van der Waals surface area contributed by atoms with Crippen LogP contribution in [-0.4, -0.2) is 50.0 Å². The van der Waals surface area contributed by atoms with Crippen LogP contribution >= 0.6 is 23.2 Å². The fraction of sp³-hybridized carbons (Fsp3) is 0.462. The second-order valence-corrected chi connectivity index (χ2v) is 11.8. The lowest BCUT2D eigenvalue weighted by Crippen LogP contribution is -2.53. The number of amides is 2. The zero-order valence-corrected chi connectivity index (χ0v) is 24.0. The van der Waals surface area contributed by atoms with Gasteiger partial charge >= 0.3 is 0 Å². The molecule has 0 unspecified atom stereocenters. The van der Waals surface area contributed by atoms with Crippen LogP contribution in [-0.2, 0) is 26.2 Å². The summed E-state index contributed by atoms with van der Waals surface area (Å²) in [5.74, 6) is -0.795. The van der Waals surface area contributed by atoms with Crippen molar-refractivity contribution < 1.29 is 18.0 Å². The van der Waals surface area contributed by atoms with Crippen LogP contribution in [0.5, 0.6) is 0 Å². The molecule has 36 heavy (non-hydrogen) atoms. The molecule has 0 aliphatic rings. The van der Waals surface area contributed by atoms with E-state index >= 15 is 0 Å². The maximum atomic E-state index is 13.8. The second-order valence-electron chi connectivity index (χ2n) is 9.07. The van der Waals surface area contributed by atoms with Gasteiger partial charge in [0, 0.05) is 12.6 Å². The van der Waals surface area contributed by atoms with Crippen molar-refractivity contribution >= 4 is 50.7 Å². The van der Waals surface area contributed by atoms with Crippen LogP contribution in [0.2, 0.25) is 10.0 Å². The van der Waals surface area contributed by atoms with Crippen molar-refractivity contribution in [3.8, 4) is 0 Å². The van der Waals surface area contributed by atoms with Gasteiger partial charge in [-0.1, -0.05) is 55.2 Å². The Balaban J connectivity index is 2.51. The molecule has 0 spiro atoms. The molecule has 2 rings (SSSR count). The number of aryl methyl sites for hydroxylation is 2. The third-order valence-electron chi connectivity index (χ3n) is 6.04. The summed E-state index contributed by atoms with van der Waals surface area (Å²) in [6, 6.07) is 9.55. The summed E-state index contributed by atoms with van der Waals surface area (Å²) < 4.78 is 26.7. The van der Waals surface area contributed by atoms with E-state index in [1.807, 2.05) is 39.8 Å². The summed E-state index contributed by atoms with van der Waals surface area (Å²) in [6.45, 7) is 8.92. The SMILES string of the molecule is CC[C@H](C)NC(=O)[C@H](CC)N(Cc1ccc(Cl)c(Cl)c1)C(=O)CN(c1cc(C)ccc1C)S(C)(=O)=O. The molecule has 0 heterocycles. The van der Waals surface area contributed by atoms with Crippen LogP contribution in [0.1, 0.15) is 50.3 Å². The highest BCUT2D eigenvalue weighted by Gasteiger charge is 2.32. The quantitative estimate of drug-likeness (QED) is 0.418. The highest BCUT2D eigenvalue weighted by molar-refractivity contribution is 7.92. The van der Waals surface area contributed by atoms with Gasteiger partial charge in [-0.2, -0.15) is 0 Å². The minimum atomic E-state index is -3.80. The molecular weight excluding hydrogens is 521 g/mol. The Morgan fingerprint density at radius 1 is 1.00 bits per heavy atom. The van der Waals surface area contributed by atoms with Crippen molar-refractivity contribution in [3.63, 3.8) is 0 Å². The highest BCUT2D eigenvalue weighted by atomic mass is 35.5. The van der Waals surface area contributed by atoms with E-state index in [4.69, 9.17) is 23.2 Å². The first-order chi connectivity index (χ1) is 16.8. The first kappa shape index (κ1) is 29.9. The fourth-order valence-electron chi connectivity index (χ4n) is 3.78. The predicted molar refractivity (Wildman–Crippen MR) is 147 cm³/mol. The lowest BCUT2D eigenvalue weighted by molar-refractivity contribution is -0.140. The first-order valence-corrected chi connectivity index (χ1v) is 14.5. The van der Waals surface area contributed by atoms with E-state index in [-0.39, 0.29) is 18.5 Å². The maximum absolute atomic E-state index is 13.8. The van der Waals surface area contributed by atoms with Gasteiger partial charge in [-0.15, -0.1) is 0 Å². The van der Waals surface area contributed by atoms with Crippen LogP contribution in [0.25, 0.3) is 0 Å². The fourth-order valence-corrected chi connectivity index (χ4v) is 5.00. The average molecular weight is 557 g/mol. The van der Waals surface area contributed by atoms with E-state index in [9.17, 15) is 18.0 Å². The van der Waals surface area contributed by atoms with Crippen molar-refractivity contribution in [1.29, 1.82) is 0 Å². The number of sulfonamides is 1. The Hall–Kier alpha value is -2.29. The smallest absolute Gasteiger partial charge is 0.244 e. The van der Waals surface area contributed by atoms with Crippen molar-refractivity contribution in [2.24, 2.45) is 0 Å². The Labute approximate surface area is 224 Å². The normalized spacial score (nSPS) is 13.1. The number of halogens is 2. The van der Waals surface area contributed by atoms with Gasteiger partial charge in [0.05, 0.1) is 22.0 Å². The summed E-state index contributed by atoms with van der Waals surface area (Å²) in [4.78, 5) is 28.4. The molecule has 2 aromatic rings. The molecule has 0 bridgehead atoms. The Kier molecular flexibility index (Phi) is 10.6. The number of rotatable bonds is 11. The molecule has 0 aliphatic heterocycles. The van der Waals surface area contributed by atoms with E-state index < -0.39 is 28.5 Å². The van der Waals surface area contributed by atoms with Gasteiger partial charge in [-0.3, -0.25) is 13.9 Å². The number of benzene rings is 2. The van der Waals surface area contributed by atoms with Crippen molar-refractivity contribution in [2.75, 3.05) is 17.1 Å². The van der Waals surface area contributed by atoms with E-state index in [1.165, 1.54) is 4.90 Å². The molecule has 2 atom stereocenters. The molecule has 10 heteroatoms. The van der Waals surface area contributed by atoms with Crippen LogP contribution in [0.4, 0.5) is 5.69 Å². The summed E-state index contributed by atoms with van der Waals surface area (Å²) >= 11 is 12.3. The minimum Gasteiger partial charge on any atom is -0.352 e. The summed E-state index contributed by atoms with van der Waals surface area (Å²) in [5.41, 5.74) is 2.68. The minimum absolute atomic E-state index is 0.0621. The van der Waals surface area contributed by atoms with Crippen molar-refractivity contribution in [3.05, 3.63) is 63.1 Å². The number of hydrogen-bond donors (Lipinski definition) is 1. The van der Waals surface area contributed by atoms with Crippen LogP contribution in [0.15, 0.2) is 36.4 Å². The van der Waals surface area contributed by atoms with Gasteiger partial charge in [0.2, 0.25) is 21.8 Å². The predicted octanol–water partition coefficient (Wildman–Crippen LogP) is 5.10. The monoisotopic (exact) mass is 555 g/mol. The lowest BCUT2D eigenvalue weighted by Gasteiger charge is -2.33. The third kappa shape index (κ3) is 7.85. The van der Waals surface area contributed by atoms with Gasteiger partial charge in [0.15, 0.2) is 0 Å².